The van der Waals surface area contributed by atoms with Crippen LogP contribution in [0.4, 0.5) is 15.8 Å². The number of carbonyl (C=O) groups is 2. The molecule has 0 aromatic heterocycles. The van der Waals surface area contributed by atoms with Crippen LogP contribution in [0.3, 0.4) is 0 Å². The number of anilines is 2. The Balaban J connectivity index is 1.69. The number of benzene rings is 3. The van der Waals surface area contributed by atoms with Gasteiger partial charge in [-0.3, -0.25) is 9.59 Å². The third-order valence-corrected chi connectivity index (χ3v) is 8.01. The number of nitrogens with one attached hydrogen (secondary N) is 3. The van der Waals surface area contributed by atoms with Gasteiger partial charge < -0.3 is 16.0 Å². The number of fused-ring (bicyclic) bond motifs is 2. The zero-order valence-corrected chi connectivity index (χ0v) is 23.1. The molecule has 3 aromatic carbocycles. The van der Waals surface area contributed by atoms with Gasteiger partial charge in [0.2, 0.25) is 11.8 Å². The Kier molecular flexibility index (Phi) is 6.92. The standard InChI is InChI=1S/C30H27Cl2FN4O2/c1-29(2,3)14-24-30(20-10-7-18(31)13-23(20)36-28(30)39)25(17-6-11-22(33)21(32)12-17)26(37-24)27(38)35-19-8-4-16(15-34)5-9-19/h4-13,24-26,37H,14H2,1-3H3,(H,35,38)(H,36,39)/t24-,25-,26+,30+/m0/s1. The second kappa shape index (κ2) is 9.95. The summed E-state index contributed by atoms with van der Waals surface area (Å²) < 4.78 is 14.3. The molecule has 5 rings (SSSR count). The molecule has 0 aliphatic carbocycles. The third-order valence-electron chi connectivity index (χ3n) is 7.49. The number of amides is 2. The van der Waals surface area contributed by atoms with Crippen molar-refractivity contribution in [3.05, 3.63) is 93.2 Å². The van der Waals surface area contributed by atoms with E-state index in [0.29, 0.717) is 33.9 Å². The largest absolute Gasteiger partial charge is 0.325 e. The topological polar surface area (TPSA) is 94.0 Å². The van der Waals surface area contributed by atoms with Gasteiger partial charge in [-0.1, -0.05) is 56.1 Å². The molecule has 0 bridgehead atoms. The van der Waals surface area contributed by atoms with E-state index in [9.17, 15) is 14.0 Å². The van der Waals surface area contributed by atoms with Gasteiger partial charge in [-0.25, -0.2) is 4.39 Å². The molecule has 1 spiro atoms. The number of nitriles is 1. The lowest BCUT2D eigenvalue weighted by Crippen LogP contribution is -2.49. The van der Waals surface area contributed by atoms with Crippen LogP contribution in [0.1, 0.15) is 49.8 Å². The van der Waals surface area contributed by atoms with Crippen molar-refractivity contribution >= 4 is 46.4 Å². The molecule has 4 atom stereocenters. The Morgan fingerprint density at radius 2 is 1.82 bits per heavy atom. The molecule has 2 aliphatic heterocycles. The van der Waals surface area contributed by atoms with Crippen molar-refractivity contribution in [2.45, 2.75) is 50.6 Å². The van der Waals surface area contributed by atoms with Gasteiger partial charge in [0.1, 0.15) is 11.2 Å². The zero-order valence-electron chi connectivity index (χ0n) is 21.6. The molecule has 3 N–H and O–H groups in total. The first-order valence-electron chi connectivity index (χ1n) is 12.6. The third kappa shape index (κ3) is 4.78. The minimum atomic E-state index is -1.21. The fourth-order valence-electron chi connectivity index (χ4n) is 5.98. The lowest BCUT2D eigenvalue weighted by atomic mass is 9.62. The van der Waals surface area contributed by atoms with E-state index in [2.05, 4.69) is 42.8 Å². The Bertz CT molecular complexity index is 1510. The second-order valence-electron chi connectivity index (χ2n) is 11.3. The molecule has 3 aromatic rings. The van der Waals surface area contributed by atoms with E-state index in [0.717, 1.165) is 5.56 Å². The fourth-order valence-corrected chi connectivity index (χ4v) is 6.34. The van der Waals surface area contributed by atoms with Gasteiger partial charge in [-0.15, -0.1) is 0 Å². The molecular weight excluding hydrogens is 538 g/mol. The summed E-state index contributed by atoms with van der Waals surface area (Å²) in [6, 6.07) is 16.9. The van der Waals surface area contributed by atoms with Crippen molar-refractivity contribution in [1.29, 1.82) is 5.26 Å². The van der Waals surface area contributed by atoms with Crippen LogP contribution in [-0.2, 0) is 15.0 Å². The maximum absolute atomic E-state index is 14.3. The summed E-state index contributed by atoms with van der Waals surface area (Å²) in [6.07, 6.45) is 0.564. The molecule has 200 valence electrons. The zero-order chi connectivity index (χ0) is 28.1. The van der Waals surface area contributed by atoms with Gasteiger partial charge >= 0.3 is 0 Å². The van der Waals surface area contributed by atoms with Crippen LogP contribution < -0.4 is 16.0 Å². The van der Waals surface area contributed by atoms with E-state index in [1.807, 2.05) is 6.07 Å². The minimum absolute atomic E-state index is 0.0945. The number of rotatable bonds is 4. The van der Waals surface area contributed by atoms with E-state index >= 15 is 0 Å². The van der Waals surface area contributed by atoms with Crippen molar-refractivity contribution < 1.29 is 14.0 Å². The first-order chi connectivity index (χ1) is 18.4. The molecule has 1 fully saturated rings. The first-order valence-corrected chi connectivity index (χ1v) is 13.3. The molecule has 6 nitrogen and oxygen atoms in total. The van der Waals surface area contributed by atoms with Crippen molar-refractivity contribution in [3.8, 4) is 6.07 Å². The smallest absolute Gasteiger partial charge is 0.242 e. The van der Waals surface area contributed by atoms with Gasteiger partial charge in [0, 0.05) is 28.4 Å². The molecule has 1 saturated heterocycles. The molecule has 0 unspecified atom stereocenters. The van der Waals surface area contributed by atoms with Crippen LogP contribution in [0.2, 0.25) is 10.0 Å². The van der Waals surface area contributed by atoms with Gasteiger partial charge in [0.25, 0.3) is 0 Å². The highest BCUT2D eigenvalue weighted by Crippen LogP contribution is 2.56. The summed E-state index contributed by atoms with van der Waals surface area (Å²) in [5.74, 6) is -1.95. The Morgan fingerprint density at radius 3 is 2.46 bits per heavy atom. The average molecular weight is 565 g/mol. The van der Waals surface area contributed by atoms with E-state index in [1.165, 1.54) is 12.1 Å². The normalized spacial score (nSPS) is 23.8. The summed E-state index contributed by atoms with van der Waals surface area (Å²) in [5.41, 5.74) is 1.42. The van der Waals surface area contributed by atoms with E-state index in [1.54, 1.807) is 42.5 Å². The Morgan fingerprint density at radius 1 is 1.10 bits per heavy atom. The number of hydrogen-bond donors (Lipinski definition) is 3. The maximum atomic E-state index is 14.3. The van der Waals surface area contributed by atoms with Gasteiger partial charge in [0.05, 0.1) is 22.7 Å². The number of hydrogen-bond acceptors (Lipinski definition) is 4. The summed E-state index contributed by atoms with van der Waals surface area (Å²) in [6.45, 7) is 6.23. The van der Waals surface area contributed by atoms with E-state index in [-0.39, 0.29) is 22.3 Å². The van der Waals surface area contributed by atoms with Crippen molar-refractivity contribution in [3.63, 3.8) is 0 Å². The van der Waals surface area contributed by atoms with Crippen LogP contribution in [0.25, 0.3) is 0 Å². The van der Waals surface area contributed by atoms with Crippen LogP contribution in [0.15, 0.2) is 60.7 Å². The monoisotopic (exact) mass is 564 g/mol. The average Bonchev–Trinajstić information content (AvgIpc) is 3.35. The summed E-state index contributed by atoms with van der Waals surface area (Å²) >= 11 is 12.5. The minimum Gasteiger partial charge on any atom is -0.325 e. The number of carbonyl (C=O) groups excluding carboxylic acids is 2. The summed E-state index contributed by atoms with van der Waals surface area (Å²) in [7, 11) is 0. The maximum Gasteiger partial charge on any atom is 0.242 e. The quantitative estimate of drug-likeness (QED) is 0.342. The van der Waals surface area contributed by atoms with Crippen LogP contribution in [-0.4, -0.2) is 23.9 Å². The van der Waals surface area contributed by atoms with Gasteiger partial charge in [0.15, 0.2) is 0 Å². The molecule has 2 heterocycles. The lowest BCUT2D eigenvalue weighted by molar-refractivity contribution is -0.122. The molecule has 2 amide bonds. The number of nitrogens with zero attached hydrogens (tertiary/aromatic N) is 1. The summed E-state index contributed by atoms with van der Waals surface area (Å²) in [4.78, 5) is 28.1. The Hall–Kier alpha value is -3.44. The highest BCUT2D eigenvalue weighted by molar-refractivity contribution is 6.31. The molecule has 0 saturated carbocycles. The van der Waals surface area contributed by atoms with Crippen LogP contribution in [0.5, 0.6) is 0 Å². The molecule has 39 heavy (non-hydrogen) atoms. The first kappa shape index (κ1) is 27.1. The van der Waals surface area contributed by atoms with Gasteiger partial charge in [-0.05, 0) is 71.5 Å². The molecule has 9 heteroatoms. The van der Waals surface area contributed by atoms with Crippen LogP contribution >= 0.6 is 23.2 Å². The molecular formula is C30H27Cl2FN4O2. The lowest BCUT2D eigenvalue weighted by Gasteiger charge is -2.37. The predicted molar refractivity (Wildman–Crippen MR) is 150 cm³/mol. The highest BCUT2D eigenvalue weighted by Gasteiger charge is 2.65. The number of halogens is 3. The summed E-state index contributed by atoms with van der Waals surface area (Å²) in [5, 5.41) is 18.9. The van der Waals surface area contributed by atoms with Crippen LogP contribution in [0, 0.1) is 22.6 Å². The SMILES string of the molecule is CC(C)(C)C[C@@H]1N[C@@H](C(=O)Nc2ccc(C#N)cc2)[C@H](c2ccc(F)c(Cl)c2)[C@]12C(=O)Nc1cc(Cl)ccc12. The highest BCUT2D eigenvalue weighted by atomic mass is 35.5. The van der Waals surface area contributed by atoms with Crippen molar-refractivity contribution in [2.24, 2.45) is 5.41 Å². The molecule has 0 radical (unpaired) electrons. The predicted octanol–water partition coefficient (Wildman–Crippen LogP) is 6.39. The van der Waals surface area contributed by atoms with Gasteiger partial charge in [-0.2, -0.15) is 5.26 Å². The Labute approximate surface area is 236 Å². The van der Waals surface area contributed by atoms with E-state index < -0.39 is 29.2 Å². The second-order valence-corrected chi connectivity index (χ2v) is 12.1. The fraction of sp³-hybridized carbons (Fsp3) is 0.300. The van der Waals surface area contributed by atoms with Crippen molar-refractivity contribution in [1.82, 2.24) is 5.32 Å². The van der Waals surface area contributed by atoms with E-state index in [4.69, 9.17) is 28.5 Å². The molecule has 2 aliphatic rings. The van der Waals surface area contributed by atoms with Crippen molar-refractivity contribution in [2.75, 3.05) is 10.6 Å².